The van der Waals surface area contributed by atoms with Gasteiger partial charge in [0.1, 0.15) is 5.75 Å². The number of nitrogens with one attached hydrogen (secondary N) is 1. The Kier molecular flexibility index (Phi) is 5.50. The quantitative estimate of drug-likeness (QED) is 0.846. The summed E-state index contributed by atoms with van der Waals surface area (Å²) in [5.74, 6) is -0.219. The van der Waals surface area contributed by atoms with Gasteiger partial charge in [0.15, 0.2) is 0 Å². The minimum Gasteiger partial charge on any atom is -0.395 e. The molecule has 0 radical (unpaired) electrons. The van der Waals surface area contributed by atoms with Crippen LogP contribution in [0.25, 0.3) is 0 Å². The molecule has 1 unspecified atom stereocenters. The van der Waals surface area contributed by atoms with E-state index < -0.39 is 10.8 Å². The summed E-state index contributed by atoms with van der Waals surface area (Å²) in [6, 6.07) is 3.99. The standard InChI is InChI=1S/C13H19NO3S/c1-9-6-10(2)13(11(3)7-9)14-12(16)8-18(17)5-4-15/h6-7,15H,4-5,8H2,1-3H3,(H,14,16). The van der Waals surface area contributed by atoms with Crippen molar-refractivity contribution in [3.05, 3.63) is 28.8 Å². The van der Waals surface area contributed by atoms with E-state index in [2.05, 4.69) is 5.32 Å². The zero-order chi connectivity index (χ0) is 13.7. The van der Waals surface area contributed by atoms with Crippen LogP contribution in [0.3, 0.4) is 0 Å². The van der Waals surface area contributed by atoms with Crippen LogP contribution >= 0.6 is 0 Å². The summed E-state index contributed by atoms with van der Waals surface area (Å²) < 4.78 is 11.4. The van der Waals surface area contributed by atoms with Crippen LogP contribution in [0.5, 0.6) is 0 Å². The lowest BCUT2D eigenvalue weighted by molar-refractivity contribution is -0.113. The molecule has 2 N–H and O–H groups in total. The maximum Gasteiger partial charge on any atom is 0.237 e. The summed E-state index contributed by atoms with van der Waals surface area (Å²) >= 11 is 0. The fraction of sp³-hybridized carbons (Fsp3) is 0.462. The number of aryl methyl sites for hydroxylation is 3. The smallest absolute Gasteiger partial charge is 0.237 e. The van der Waals surface area contributed by atoms with Crippen LogP contribution in [-0.2, 0) is 15.6 Å². The van der Waals surface area contributed by atoms with Gasteiger partial charge in [0.05, 0.1) is 6.61 Å². The fourth-order valence-electron chi connectivity index (χ4n) is 1.87. The second kappa shape index (κ2) is 6.66. The van der Waals surface area contributed by atoms with Crippen molar-refractivity contribution in [3.8, 4) is 0 Å². The Balaban J connectivity index is 2.73. The van der Waals surface area contributed by atoms with E-state index in [9.17, 15) is 9.00 Å². The molecule has 0 saturated heterocycles. The lowest BCUT2D eigenvalue weighted by Gasteiger charge is -2.12. The number of hydrogen-bond donors (Lipinski definition) is 2. The minimum atomic E-state index is -1.30. The van der Waals surface area contributed by atoms with Gasteiger partial charge in [0.25, 0.3) is 0 Å². The van der Waals surface area contributed by atoms with Crippen molar-refractivity contribution in [1.82, 2.24) is 0 Å². The predicted molar refractivity (Wildman–Crippen MR) is 74.2 cm³/mol. The Labute approximate surface area is 110 Å². The van der Waals surface area contributed by atoms with E-state index in [1.807, 2.05) is 32.9 Å². The maximum absolute atomic E-state index is 11.7. The van der Waals surface area contributed by atoms with Crippen molar-refractivity contribution in [2.75, 3.05) is 23.4 Å². The van der Waals surface area contributed by atoms with Crippen LogP contribution in [0.15, 0.2) is 12.1 Å². The molecule has 5 heteroatoms. The molecule has 0 bridgehead atoms. The van der Waals surface area contributed by atoms with Crippen molar-refractivity contribution < 1.29 is 14.1 Å². The molecule has 0 saturated carbocycles. The Hall–Kier alpha value is -1.20. The van der Waals surface area contributed by atoms with Crippen LogP contribution in [0, 0.1) is 20.8 Å². The summed E-state index contributed by atoms with van der Waals surface area (Å²) in [5.41, 5.74) is 3.92. The van der Waals surface area contributed by atoms with Gasteiger partial charge in [-0.05, 0) is 31.9 Å². The first-order chi connectivity index (χ1) is 8.43. The molecule has 1 atom stereocenters. The summed E-state index contributed by atoms with van der Waals surface area (Å²) in [6.07, 6.45) is 0. The highest BCUT2D eigenvalue weighted by Crippen LogP contribution is 2.21. The third-order valence-corrected chi connectivity index (χ3v) is 3.77. The van der Waals surface area contributed by atoms with Crippen molar-refractivity contribution in [2.45, 2.75) is 20.8 Å². The number of carbonyl (C=O) groups is 1. The molecule has 1 aromatic carbocycles. The molecule has 1 amide bonds. The van der Waals surface area contributed by atoms with E-state index in [0.717, 1.165) is 22.4 Å². The molecule has 0 fully saturated rings. The van der Waals surface area contributed by atoms with Crippen LogP contribution in [0.4, 0.5) is 5.69 Å². The highest BCUT2D eigenvalue weighted by Gasteiger charge is 2.11. The molecule has 0 heterocycles. The second-order valence-corrected chi connectivity index (χ2v) is 5.91. The van der Waals surface area contributed by atoms with E-state index in [4.69, 9.17) is 5.11 Å². The van der Waals surface area contributed by atoms with Crippen molar-refractivity contribution in [2.24, 2.45) is 0 Å². The molecule has 0 aliphatic carbocycles. The molecule has 0 spiro atoms. The van der Waals surface area contributed by atoms with Gasteiger partial charge in [-0.15, -0.1) is 0 Å². The molecule has 18 heavy (non-hydrogen) atoms. The second-order valence-electron chi connectivity index (χ2n) is 4.33. The molecule has 4 nitrogen and oxygen atoms in total. The average Bonchev–Trinajstić information content (AvgIpc) is 2.23. The number of carbonyl (C=O) groups excluding carboxylic acids is 1. The monoisotopic (exact) mass is 269 g/mol. The molecule has 0 aromatic heterocycles. The summed E-state index contributed by atoms with van der Waals surface area (Å²) in [5, 5.41) is 11.4. The Morgan fingerprint density at radius 2 is 1.83 bits per heavy atom. The topological polar surface area (TPSA) is 66.4 Å². The zero-order valence-corrected chi connectivity index (χ0v) is 11.8. The van der Waals surface area contributed by atoms with Crippen molar-refractivity contribution in [1.29, 1.82) is 0 Å². The predicted octanol–water partition coefficient (Wildman–Crippen LogP) is 1.29. The lowest BCUT2D eigenvalue weighted by Crippen LogP contribution is -2.22. The number of hydrogen-bond acceptors (Lipinski definition) is 3. The number of anilines is 1. The number of amides is 1. The van der Waals surface area contributed by atoms with Gasteiger partial charge in [-0.1, -0.05) is 17.7 Å². The minimum absolute atomic E-state index is 0.0761. The third kappa shape index (κ3) is 4.23. The van der Waals surface area contributed by atoms with Crippen LogP contribution < -0.4 is 5.32 Å². The van der Waals surface area contributed by atoms with Crippen LogP contribution in [0.2, 0.25) is 0 Å². The summed E-state index contributed by atoms with van der Waals surface area (Å²) in [6.45, 7) is 5.70. The third-order valence-electron chi connectivity index (χ3n) is 2.55. The van der Waals surface area contributed by atoms with Crippen LogP contribution in [0.1, 0.15) is 16.7 Å². The lowest BCUT2D eigenvalue weighted by atomic mass is 10.1. The highest BCUT2D eigenvalue weighted by molar-refractivity contribution is 7.85. The molecule has 1 rings (SSSR count). The fourth-order valence-corrected chi connectivity index (χ4v) is 2.59. The molecular formula is C13H19NO3S. The first-order valence-electron chi connectivity index (χ1n) is 5.77. The first-order valence-corrected chi connectivity index (χ1v) is 7.26. The van der Waals surface area contributed by atoms with Crippen molar-refractivity contribution >= 4 is 22.4 Å². The first kappa shape index (κ1) is 14.9. The molecule has 0 aliphatic heterocycles. The molecule has 0 aliphatic rings. The van der Waals surface area contributed by atoms with Gasteiger partial charge >= 0.3 is 0 Å². The Bertz CT molecular complexity index is 448. The van der Waals surface area contributed by atoms with E-state index in [1.165, 1.54) is 0 Å². The van der Waals surface area contributed by atoms with Crippen molar-refractivity contribution in [3.63, 3.8) is 0 Å². The van der Waals surface area contributed by atoms with E-state index in [1.54, 1.807) is 0 Å². The van der Waals surface area contributed by atoms with Gasteiger partial charge in [-0.3, -0.25) is 9.00 Å². The average molecular weight is 269 g/mol. The largest absolute Gasteiger partial charge is 0.395 e. The van der Waals surface area contributed by atoms with E-state index in [-0.39, 0.29) is 24.0 Å². The normalized spacial score (nSPS) is 12.2. The molecule has 100 valence electrons. The Morgan fingerprint density at radius 3 is 2.33 bits per heavy atom. The van der Waals surface area contributed by atoms with Gasteiger partial charge in [0.2, 0.25) is 5.91 Å². The number of aliphatic hydroxyl groups excluding tert-OH is 1. The van der Waals surface area contributed by atoms with Crippen LogP contribution in [-0.4, -0.2) is 33.3 Å². The highest BCUT2D eigenvalue weighted by atomic mass is 32.2. The van der Waals surface area contributed by atoms with Gasteiger partial charge in [0, 0.05) is 22.2 Å². The van der Waals surface area contributed by atoms with Gasteiger partial charge < -0.3 is 10.4 Å². The Morgan fingerprint density at radius 1 is 1.28 bits per heavy atom. The van der Waals surface area contributed by atoms with Gasteiger partial charge in [-0.2, -0.15) is 0 Å². The van der Waals surface area contributed by atoms with E-state index >= 15 is 0 Å². The maximum atomic E-state index is 11.7. The number of benzene rings is 1. The van der Waals surface area contributed by atoms with E-state index in [0.29, 0.717) is 0 Å². The SMILES string of the molecule is Cc1cc(C)c(NC(=O)CS(=O)CCO)c(C)c1. The molecule has 1 aromatic rings. The van der Waals surface area contributed by atoms with Gasteiger partial charge in [-0.25, -0.2) is 0 Å². The molecular weight excluding hydrogens is 250 g/mol. The summed E-state index contributed by atoms with van der Waals surface area (Å²) in [4.78, 5) is 11.7. The number of aliphatic hydroxyl groups is 1. The summed E-state index contributed by atoms with van der Waals surface area (Å²) in [7, 11) is -1.30. The zero-order valence-electron chi connectivity index (χ0n) is 10.9. The number of rotatable bonds is 5.